The van der Waals surface area contributed by atoms with Gasteiger partial charge in [0.25, 0.3) is 0 Å². The minimum absolute atomic E-state index is 0.213. The molecule has 0 amide bonds. The summed E-state index contributed by atoms with van der Waals surface area (Å²) < 4.78 is 39.4. The van der Waals surface area contributed by atoms with Crippen LogP contribution in [0.15, 0.2) is 37.2 Å². The van der Waals surface area contributed by atoms with E-state index >= 15 is 0 Å². The first-order valence-corrected chi connectivity index (χ1v) is 18.8. The van der Waals surface area contributed by atoms with Gasteiger partial charge in [0.15, 0.2) is 0 Å². The molecule has 4 rings (SSSR count). The van der Waals surface area contributed by atoms with Gasteiger partial charge in [0.2, 0.25) is 0 Å². The fourth-order valence-electron chi connectivity index (χ4n) is 4.29. The Hall–Kier alpha value is -4.04. The third-order valence-electron chi connectivity index (χ3n) is 6.67. The van der Waals surface area contributed by atoms with Crippen molar-refractivity contribution in [2.45, 2.75) is 26.2 Å². The molecule has 286 valence electrons. The highest BCUT2D eigenvalue weighted by atomic mass is 33.1. The highest BCUT2D eigenvalue weighted by Crippen LogP contribution is 2.20. The van der Waals surface area contributed by atoms with Gasteiger partial charge in [-0.15, -0.1) is 10.2 Å². The van der Waals surface area contributed by atoms with Crippen molar-refractivity contribution in [2.75, 3.05) is 90.8 Å². The lowest BCUT2D eigenvalue weighted by Crippen LogP contribution is -2.13. The van der Waals surface area contributed by atoms with E-state index in [1.54, 1.807) is 43.3 Å². The summed E-state index contributed by atoms with van der Waals surface area (Å²) in [5.41, 5.74) is 1.18. The molecule has 4 aromatic heterocycles. The van der Waals surface area contributed by atoms with Crippen LogP contribution >= 0.6 is 21.6 Å². The van der Waals surface area contributed by atoms with Gasteiger partial charge in [-0.2, -0.15) is 0 Å². The number of imidazole rings is 2. The Morgan fingerprint density at radius 3 is 1.31 bits per heavy atom. The zero-order valence-corrected chi connectivity index (χ0v) is 30.1. The number of hydrogen-bond acceptors (Lipinski definition) is 18. The number of aromatic nitrogens is 10. The number of nitro groups is 2. The number of rotatable bonds is 31. The summed E-state index contributed by atoms with van der Waals surface area (Å²) in [6.45, 7) is 7.40. The summed E-state index contributed by atoms with van der Waals surface area (Å²) >= 11 is 0. The lowest BCUT2D eigenvalue weighted by atomic mass is 10.4. The van der Waals surface area contributed by atoms with Gasteiger partial charge >= 0.3 is 11.9 Å². The molecule has 24 heteroatoms. The minimum Gasteiger partial charge on any atom is -0.390 e. The SMILES string of the molecule is O=[N+]([O-])c1nccn1Cc1cn(CCOCCOCCOCCSSCCOCCOCCOCCn2cc(Cn3ccnc3[N+](=O)[O-])nn2)nn1. The Kier molecular flexibility index (Phi) is 19.0. The summed E-state index contributed by atoms with van der Waals surface area (Å²) in [7, 11) is 3.47. The first kappa shape index (κ1) is 40.7. The molecule has 0 saturated carbocycles. The van der Waals surface area contributed by atoms with E-state index in [1.807, 2.05) is 0 Å². The first-order chi connectivity index (χ1) is 25.5. The van der Waals surface area contributed by atoms with Crippen molar-refractivity contribution in [2.24, 2.45) is 0 Å². The maximum atomic E-state index is 11.0. The molecule has 4 aromatic rings. The van der Waals surface area contributed by atoms with Crippen LogP contribution in [0.25, 0.3) is 0 Å². The highest BCUT2D eigenvalue weighted by Gasteiger charge is 2.17. The van der Waals surface area contributed by atoms with Crippen molar-refractivity contribution in [3.8, 4) is 0 Å². The molecule has 0 aliphatic carbocycles. The smallest absolute Gasteiger partial charge is 0.390 e. The van der Waals surface area contributed by atoms with E-state index in [1.165, 1.54) is 33.9 Å². The fourth-order valence-corrected chi connectivity index (χ4v) is 6.01. The molecule has 52 heavy (non-hydrogen) atoms. The molecule has 4 heterocycles. The van der Waals surface area contributed by atoms with Crippen molar-refractivity contribution in [3.05, 3.63) is 68.8 Å². The largest absolute Gasteiger partial charge is 0.434 e. The van der Waals surface area contributed by atoms with E-state index in [-0.39, 0.29) is 25.0 Å². The molecule has 0 saturated heterocycles. The van der Waals surface area contributed by atoms with Gasteiger partial charge in [-0.05, 0) is 9.85 Å². The Balaban J connectivity index is 0.832. The van der Waals surface area contributed by atoms with Gasteiger partial charge in [-0.1, -0.05) is 42.0 Å². The number of nitrogens with zero attached hydrogens (tertiary/aromatic N) is 12. The summed E-state index contributed by atoms with van der Waals surface area (Å²) in [6, 6.07) is 0. The molecule has 0 atom stereocenters. The van der Waals surface area contributed by atoms with E-state index in [9.17, 15) is 20.2 Å². The van der Waals surface area contributed by atoms with Crippen molar-refractivity contribution in [1.29, 1.82) is 0 Å². The second-order valence-corrected chi connectivity index (χ2v) is 13.2. The summed E-state index contributed by atoms with van der Waals surface area (Å²) in [6.07, 6.45) is 9.25. The van der Waals surface area contributed by atoms with Crippen molar-refractivity contribution in [3.63, 3.8) is 0 Å². The molecule has 0 bridgehead atoms. The molecule has 0 aliphatic heterocycles. The van der Waals surface area contributed by atoms with E-state index in [0.29, 0.717) is 104 Å². The average Bonchev–Trinajstić information content (AvgIpc) is 3.96. The lowest BCUT2D eigenvalue weighted by molar-refractivity contribution is -0.396. The van der Waals surface area contributed by atoms with Crippen LogP contribution in [0.1, 0.15) is 11.4 Å². The predicted octanol–water partition coefficient (Wildman–Crippen LogP) is 1.36. The summed E-state index contributed by atoms with van der Waals surface area (Å²) in [4.78, 5) is 28.3. The maximum absolute atomic E-state index is 11.0. The minimum atomic E-state index is -0.539. The van der Waals surface area contributed by atoms with Crippen LogP contribution < -0.4 is 0 Å². The third-order valence-corrected chi connectivity index (χ3v) is 9.01. The maximum Gasteiger partial charge on any atom is 0.434 e. The molecule has 0 aliphatic rings. The van der Waals surface area contributed by atoms with E-state index < -0.39 is 9.85 Å². The van der Waals surface area contributed by atoms with Crippen molar-refractivity contribution < 1.29 is 38.3 Å². The van der Waals surface area contributed by atoms with Gasteiger partial charge in [0.1, 0.15) is 49.3 Å². The van der Waals surface area contributed by atoms with Gasteiger partial charge in [0.05, 0.1) is 105 Å². The van der Waals surface area contributed by atoms with Gasteiger partial charge in [-0.3, -0.25) is 0 Å². The predicted molar refractivity (Wildman–Crippen MR) is 186 cm³/mol. The van der Waals surface area contributed by atoms with Crippen LogP contribution in [0, 0.1) is 20.2 Å². The second kappa shape index (κ2) is 24.2. The number of ether oxygens (including phenoxy) is 6. The van der Waals surface area contributed by atoms with E-state index in [4.69, 9.17) is 28.4 Å². The summed E-state index contributed by atoms with van der Waals surface area (Å²) in [5.74, 6) is 1.26. The Morgan fingerprint density at radius 2 is 0.923 bits per heavy atom. The van der Waals surface area contributed by atoms with Crippen LogP contribution in [0.3, 0.4) is 0 Å². The standard InChI is InChI=1S/C28H42N12O10S2/c41-39(42)27-29-1-3-35(27)21-25-23-37(33-31-25)5-7-45-9-11-47-13-15-49-17-19-51-52-20-18-50-16-14-48-12-10-46-8-6-38-24-26(32-34-38)22-36-4-2-30-28(36)40(43)44/h1-4,23-24H,5-22H2. The quantitative estimate of drug-likeness (QED) is 0.0304. The Bertz CT molecular complexity index is 1470. The van der Waals surface area contributed by atoms with Gasteiger partial charge < -0.3 is 48.6 Å². The Labute approximate surface area is 306 Å². The first-order valence-electron chi connectivity index (χ1n) is 16.3. The molecule has 0 aromatic carbocycles. The molecular weight excluding hydrogens is 729 g/mol. The topological polar surface area (TPSA) is 239 Å². The fraction of sp³-hybridized carbons (Fsp3) is 0.643. The molecule has 0 radical (unpaired) electrons. The number of hydrogen-bond donors (Lipinski definition) is 0. The molecule has 0 unspecified atom stereocenters. The molecule has 22 nitrogen and oxygen atoms in total. The van der Waals surface area contributed by atoms with Crippen LogP contribution in [0.5, 0.6) is 0 Å². The van der Waals surface area contributed by atoms with Gasteiger partial charge in [0, 0.05) is 11.5 Å². The monoisotopic (exact) mass is 770 g/mol. The molecule has 0 fully saturated rings. The molecular formula is C28H42N12O10S2. The zero-order valence-electron chi connectivity index (χ0n) is 28.5. The Morgan fingerprint density at radius 1 is 0.558 bits per heavy atom. The van der Waals surface area contributed by atoms with Crippen LogP contribution in [0.4, 0.5) is 11.9 Å². The average molecular weight is 771 g/mol. The molecule has 0 N–H and O–H groups in total. The van der Waals surface area contributed by atoms with Crippen LogP contribution in [-0.2, 0) is 54.6 Å². The highest BCUT2D eigenvalue weighted by molar-refractivity contribution is 8.76. The normalized spacial score (nSPS) is 11.5. The molecule has 0 spiro atoms. The third kappa shape index (κ3) is 15.7. The van der Waals surface area contributed by atoms with Crippen LogP contribution in [0.2, 0.25) is 0 Å². The van der Waals surface area contributed by atoms with E-state index in [2.05, 4.69) is 30.6 Å². The van der Waals surface area contributed by atoms with Crippen LogP contribution in [-0.4, -0.2) is 150 Å². The zero-order chi connectivity index (χ0) is 36.6. The summed E-state index contributed by atoms with van der Waals surface area (Å²) in [5, 5.41) is 38.1. The van der Waals surface area contributed by atoms with Gasteiger partial charge in [-0.25, -0.2) is 18.5 Å². The lowest BCUT2D eigenvalue weighted by Gasteiger charge is -2.07. The van der Waals surface area contributed by atoms with Crippen molar-refractivity contribution in [1.82, 2.24) is 49.1 Å². The van der Waals surface area contributed by atoms with E-state index in [0.717, 1.165) is 11.5 Å². The second-order valence-electron chi connectivity index (χ2n) is 10.5. The van der Waals surface area contributed by atoms with Crippen molar-refractivity contribution >= 4 is 33.5 Å².